The Morgan fingerprint density at radius 1 is 1.13 bits per heavy atom. The lowest BCUT2D eigenvalue weighted by Gasteiger charge is -2.30. The largest absolute Gasteiger partial charge is 0.352 e. The van der Waals surface area contributed by atoms with Crippen LogP contribution < -0.4 is 5.32 Å². The van der Waals surface area contributed by atoms with Crippen molar-refractivity contribution in [3.05, 3.63) is 75.3 Å². The number of aryl methyl sites for hydroxylation is 1. The van der Waals surface area contributed by atoms with Crippen molar-refractivity contribution in [3.8, 4) is 0 Å². The highest BCUT2D eigenvalue weighted by Crippen LogP contribution is 2.21. The van der Waals surface area contributed by atoms with Crippen LogP contribution in [0.4, 0.5) is 5.69 Å². The predicted molar refractivity (Wildman–Crippen MR) is 118 cm³/mol. The van der Waals surface area contributed by atoms with E-state index in [4.69, 9.17) is 0 Å². The van der Waals surface area contributed by atoms with Crippen molar-refractivity contribution in [2.75, 3.05) is 0 Å². The van der Waals surface area contributed by atoms with Gasteiger partial charge in [0, 0.05) is 24.2 Å². The van der Waals surface area contributed by atoms with Crippen LogP contribution in [-0.4, -0.2) is 33.7 Å². The fourth-order valence-electron chi connectivity index (χ4n) is 3.97. The quantitative estimate of drug-likeness (QED) is 0.514. The van der Waals surface area contributed by atoms with Crippen LogP contribution >= 0.6 is 0 Å². The number of carbonyl (C=O) groups excluding carboxylic acids is 2. The van der Waals surface area contributed by atoms with E-state index in [9.17, 15) is 19.7 Å². The number of para-hydroxylation sites is 1. The van der Waals surface area contributed by atoms with Gasteiger partial charge in [0.1, 0.15) is 6.04 Å². The molecule has 7 nitrogen and oxygen atoms in total. The fraction of sp³-hybridized carbons (Fsp3) is 0.417. The third kappa shape index (κ3) is 5.90. The van der Waals surface area contributed by atoms with Crippen molar-refractivity contribution in [3.63, 3.8) is 0 Å². The Labute approximate surface area is 182 Å². The zero-order chi connectivity index (χ0) is 22.4. The molecule has 2 amide bonds. The monoisotopic (exact) mass is 423 g/mol. The summed E-state index contributed by atoms with van der Waals surface area (Å²) in [6.45, 7) is 3.97. The zero-order valence-corrected chi connectivity index (χ0v) is 18.0. The molecule has 0 bridgehead atoms. The number of nitrogens with zero attached hydrogens (tertiary/aromatic N) is 2. The molecule has 0 heterocycles. The van der Waals surface area contributed by atoms with Crippen LogP contribution in [0.25, 0.3) is 0 Å². The summed E-state index contributed by atoms with van der Waals surface area (Å²) in [5, 5.41) is 14.4. The molecule has 0 spiro atoms. The van der Waals surface area contributed by atoms with E-state index in [-0.39, 0.29) is 36.5 Å². The first-order chi connectivity index (χ1) is 14.8. The number of hydrogen-bond donors (Lipinski definition) is 1. The standard InChI is InChI=1S/C24H29N3O4/c1-17-11-13-19(14-12-17)16-26(18(2)24(29)25-21-8-4-5-9-21)23(28)15-20-7-3-6-10-22(20)27(30)31/h3,6-7,10-14,18,21H,4-5,8-9,15-16H2,1-2H3,(H,25,29)/t18-/m0/s1. The van der Waals surface area contributed by atoms with Gasteiger partial charge in [-0.05, 0) is 32.3 Å². The highest BCUT2D eigenvalue weighted by atomic mass is 16.6. The first-order valence-corrected chi connectivity index (χ1v) is 10.7. The lowest BCUT2D eigenvalue weighted by Crippen LogP contribution is -2.50. The topological polar surface area (TPSA) is 92.6 Å². The molecular weight excluding hydrogens is 394 g/mol. The average molecular weight is 424 g/mol. The summed E-state index contributed by atoms with van der Waals surface area (Å²) in [6, 6.07) is 13.5. The highest BCUT2D eigenvalue weighted by molar-refractivity contribution is 5.88. The maximum Gasteiger partial charge on any atom is 0.273 e. The molecule has 0 radical (unpaired) electrons. The van der Waals surface area contributed by atoms with E-state index < -0.39 is 11.0 Å². The summed E-state index contributed by atoms with van der Waals surface area (Å²) >= 11 is 0. The smallest absolute Gasteiger partial charge is 0.273 e. The Bertz CT molecular complexity index is 936. The van der Waals surface area contributed by atoms with E-state index in [1.807, 2.05) is 31.2 Å². The summed E-state index contributed by atoms with van der Waals surface area (Å²) < 4.78 is 0. The van der Waals surface area contributed by atoms with Gasteiger partial charge in [0.05, 0.1) is 11.3 Å². The van der Waals surface area contributed by atoms with E-state index in [1.54, 1.807) is 25.1 Å². The van der Waals surface area contributed by atoms with E-state index >= 15 is 0 Å². The van der Waals surface area contributed by atoms with E-state index in [2.05, 4.69) is 5.32 Å². The lowest BCUT2D eigenvalue weighted by atomic mass is 10.1. The molecule has 2 aromatic rings. The lowest BCUT2D eigenvalue weighted by molar-refractivity contribution is -0.385. The Kier molecular flexibility index (Phi) is 7.39. The minimum absolute atomic E-state index is 0.0887. The van der Waals surface area contributed by atoms with E-state index in [0.717, 1.165) is 36.8 Å². The third-order valence-electron chi connectivity index (χ3n) is 5.87. The van der Waals surface area contributed by atoms with Gasteiger partial charge in [0.15, 0.2) is 0 Å². The van der Waals surface area contributed by atoms with Crippen LogP contribution in [0.5, 0.6) is 0 Å². The van der Waals surface area contributed by atoms with Crippen molar-refractivity contribution >= 4 is 17.5 Å². The number of nitro groups is 1. The molecule has 0 saturated heterocycles. The Hall–Kier alpha value is -3.22. The Morgan fingerprint density at radius 2 is 1.77 bits per heavy atom. The second-order valence-corrected chi connectivity index (χ2v) is 8.24. The number of carbonyl (C=O) groups is 2. The molecule has 1 aliphatic rings. The second kappa shape index (κ2) is 10.2. The average Bonchev–Trinajstić information content (AvgIpc) is 3.26. The van der Waals surface area contributed by atoms with Crippen molar-refractivity contribution < 1.29 is 14.5 Å². The zero-order valence-electron chi connectivity index (χ0n) is 18.0. The highest BCUT2D eigenvalue weighted by Gasteiger charge is 2.29. The summed E-state index contributed by atoms with van der Waals surface area (Å²) in [4.78, 5) is 38.6. The molecular formula is C24H29N3O4. The molecule has 0 aliphatic heterocycles. The molecule has 2 aromatic carbocycles. The molecule has 1 fully saturated rings. The minimum Gasteiger partial charge on any atom is -0.352 e. The van der Waals surface area contributed by atoms with Gasteiger partial charge in [-0.25, -0.2) is 0 Å². The number of amides is 2. The molecule has 1 aliphatic carbocycles. The first kappa shape index (κ1) is 22.5. The molecule has 1 N–H and O–H groups in total. The number of benzene rings is 2. The molecule has 0 unspecified atom stereocenters. The van der Waals surface area contributed by atoms with Gasteiger partial charge in [-0.15, -0.1) is 0 Å². The van der Waals surface area contributed by atoms with Crippen LogP contribution in [0.2, 0.25) is 0 Å². The number of hydrogen-bond acceptors (Lipinski definition) is 4. The molecule has 164 valence electrons. The van der Waals surface area contributed by atoms with Crippen molar-refractivity contribution in [1.82, 2.24) is 10.2 Å². The second-order valence-electron chi connectivity index (χ2n) is 8.24. The normalized spacial score (nSPS) is 14.8. The van der Waals surface area contributed by atoms with Gasteiger partial charge in [0.25, 0.3) is 5.69 Å². The molecule has 1 saturated carbocycles. The maximum absolute atomic E-state index is 13.3. The van der Waals surface area contributed by atoms with Gasteiger partial charge < -0.3 is 10.2 Å². The van der Waals surface area contributed by atoms with Gasteiger partial charge in [-0.3, -0.25) is 19.7 Å². The van der Waals surface area contributed by atoms with Crippen molar-refractivity contribution in [1.29, 1.82) is 0 Å². The first-order valence-electron chi connectivity index (χ1n) is 10.7. The maximum atomic E-state index is 13.3. The van der Waals surface area contributed by atoms with Gasteiger partial charge >= 0.3 is 0 Å². The van der Waals surface area contributed by atoms with Crippen LogP contribution in [0.15, 0.2) is 48.5 Å². The van der Waals surface area contributed by atoms with Crippen LogP contribution in [0.3, 0.4) is 0 Å². The molecule has 3 rings (SSSR count). The predicted octanol–water partition coefficient (Wildman–Crippen LogP) is 3.92. The van der Waals surface area contributed by atoms with Crippen LogP contribution in [0.1, 0.15) is 49.3 Å². The molecule has 0 aromatic heterocycles. The van der Waals surface area contributed by atoms with Crippen LogP contribution in [-0.2, 0) is 22.6 Å². The van der Waals surface area contributed by atoms with Crippen molar-refractivity contribution in [2.24, 2.45) is 0 Å². The SMILES string of the molecule is Cc1ccc(CN(C(=O)Cc2ccccc2[N+](=O)[O-])[C@@H](C)C(=O)NC2CCCC2)cc1. The third-order valence-corrected chi connectivity index (χ3v) is 5.87. The van der Waals surface area contributed by atoms with Crippen LogP contribution in [0, 0.1) is 17.0 Å². The number of nitro benzene ring substituents is 1. The van der Waals surface area contributed by atoms with Gasteiger partial charge in [-0.1, -0.05) is 60.9 Å². The molecule has 1 atom stereocenters. The minimum atomic E-state index is -0.683. The number of nitrogens with one attached hydrogen (secondary N) is 1. The fourth-order valence-corrected chi connectivity index (χ4v) is 3.97. The van der Waals surface area contributed by atoms with Gasteiger partial charge in [0.2, 0.25) is 11.8 Å². The van der Waals surface area contributed by atoms with Gasteiger partial charge in [-0.2, -0.15) is 0 Å². The van der Waals surface area contributed by atoms with Crippen molar-refractivity contribution in [2.45, 2.75) is 64.6 Å². The Morgan fingerprint density at radius 3 is 2.42 bits per heavy atom. The summed E-state index contributed by atoms with van der Waals surface area (Å²) in [5.41, 5.74) is 2.26. The number of rotatable bonds is 8. The Balaban J connectivity index is 1.81. The summed E-state index contributed by atoms with van der Waals surface area (Å²) in [7, 11) is 0. The van der Waals surface area contributed by atoms with E-state index in [0.29, 0.717) is 5.56 Å². The summed E-state index contributed by atoms with van der Waals surface area (Å²) in [5.74, 6) is -0.501. The molecule has 31 heavy (non-hydrogen) atoms. The molecule has 7 heteroatoms. The summed E-state index contributed by atoms with van der Waals surface area (Å²) in [6.07, 6.45) is 3.98. The van der Waals surface area contributed by atoms with E-state index in [1.165, 1.54) is 11.0 Å².